The van der Waals surface area contributed by atoms with Gasteiger partial charge in [0, 0.05) is 12.2 Å². The molecule has 2 nitrogen and oxygen atoms in total. The molecule has 0 atom stereocenters. The van der Waals surface area contributed by atoms with Crippen molar-refractivity contribution in [2.45, 2.75) is 13.8 Å². The molecule has 2 rings (SSSR count). The van der Waals surface area contributed by atoms with E-state index in [0.717, 1.165) is 5.56 Å². The summed E-state index contributed by atoms with van der Waals surface area (Å²) in [6.45, 7) is 3.96. The summed E-state index contributed by atoms with van der Waals surface area (Å²) < 4.78 is 26.7. The minimum atomic E-state index is -0.554. The van der Waals surface area contributed by atoms with E-state index in [1.807, 2.05) is 0 Å². The topological polar surface area (TPSA) is 20.3 Å². The summed E-state index contributed by atoms with van der Waals surface area (Å²) in [5, 5.41) is 0. The van der Waals surface area contributed by atoms with Crippen LogP contribution in [-0.2, 0) is 0 Å². The molecule has 0 spiro atoms. The smallest absolute Gasteiger partial charge is 0.261 e. The van der Waals surface area contributed by atoms with Crippen LogP contribution in [0.15, 0.2) is 42.5 Å². The van der Waals surface area contributed by atoms with Gasteiger partial charge in [0.1, 0.15) is 11.6 Å². The van der Waals surface area contributed by atoms with E-state index in [0.29, 0.717) is 12.2 Å². The minimum Gasteiger partial charge on any atom is -0.309 e. The normalized spacial score (nSPS) is 10.4. The quantitative estimate of drug-likeness (QED) is 0.830. The largest absolute Gasteiger partial charge is 0.309 e. The Hall–Kier alpha value is -2.23. The van der Waals surface area contributed by atoms with Crippen LogP contribution in [0.3, 0.4) is 0 Å². The highest BCUT2D eigenvalue weighted by Crippen LogP contribution is 2.19. The molecule has 0 fully saturated rings. The summed E-state index contributed by atoms with van der Waals surface area (Å²) in [4.78, 5) is 13.8. The van der Waals surface area contributed by atoms with Crippen LogP contribution in [0.4, 0.5) is 14.5 Å². The molecule has 0 saturated heterocycles. The van der Waals surface area contributed by atoms with E-state index in [2.05, 4.69) is 0 Å². The van der Waals surface area contributed by atoms with Gasteiger partial charge in [-0.3, -0.25) is 4.79 Å². The number of hydrogen-bond donors (Lipinski definition) is 0. The predicted octanol–water partition coefficient (Wildman–Crippen LogP) is 3.94. The van der Waals surface area contributed by atoms with Gasteiger partial charge >= 0.3 is 0 Å². The zero-order valence-corrected chi connectivity index (χ0v) is 11.4. The minimum absolute atomic E-state index is 0.0242. The Balaban J connectivity index is 2.38. The first-order chi connectivity index (χ1) is 9.52. The fraction of sp³-hybridized carbons (Fsp3) is 0.188. The molecular weight excluding hydrogens is 260 g/mol. The lowest BCUT2D eigenvalue weighted by atomic mass is 10.1. The summed E-state index contributed by atoms with van der Waals surface area (Å²) in [5.74, 6) is -1.36. The molecule has 2 aromatic rings. The van der Waals surface area contributed by atoms with E-state index in [1.165, 1.54) is 41.3 Å². The van der Waals surface area contributed by atoms with Crippen LogP contribution in [-0.4, -0.2) is 12.5 Å². The number of carbonyl (C=O) groups is 1. The van der Waals surface area contributed by atoms with Crippen molar-refractivity contribution in [3.8, 4) is 0 Å². The highest BCUT2D eigenvalue weighted by Gasteiger charge is 2.19. The van der Waals surface area contributed by atoms with E-state index in [4.69, 9.17) is 0 Å². The molecule has 0 unspecified atom stereocenters. The highest BCUT2D eigenvalue weighted by atomic mass is 19.1. The molecule has 2 aromatic carbocycles. The average molecular weight is 275 g/mol. The summed E-state index contributed by atoms with van der Waals surface area (Å²) in [6.07, 6.45) is 0. The van der Waals surface area contributed by atoms with Crippen molar-refractivity contribution < 1.29 is 13.6 Å². The monoisotopic (exact) mass is 275 g/mol. The fourth-order valence-corrected chi connectivity index (χ4v) is 2.01. The number of rotatable bonds is 3. The first kappa shape index (κ1) is 14.2. The maximum Gasteiger partial charge on any atom is 0.261 e. The number of carbonyl (C=O) groups excluding carboxylic acids is 1. The van der Waals surface area contributed by atoms with Crippen LogP contribution in [0.5, 0.6) is 0 Å². The lowest BCUT2D eigenvalue weighted by molar-refractivity contribution is 0.0984. The molecule has 0 heterocycles. The Morgan fingerprint density at radius 3 is 2.35 bits per heavy atom. The Bertz CT molecular complexity index is 623. The van der Waals surface area contributed by atoms with Crippen molar-refractivity contribution in [2.75, 3.05) is 11.4 Å². The highest BCUT2D eigenvalue weighted by molar-refractivity contribution is 6.06. The lowest BCUT2D eigenvalue weighted by Crippen LogP contribution is -2.31. The van der Waals surface area contributed by atoms with Gasteiger partial charge in [0.05, 0.1) is 5.56 Å². The number of aryl methyl sites for hydroxylation is 1. The zero-order chi connectivity index (χ0) is 14.7. The second-order valence-corrected chi connectivity index (χ2v) is 4.51. The van der Waals surface area contributed by atoms with Gasteiger partial charge in [0.2, 0.25) is 0 Å². The number of amides is 1. The molecule has 1 amide bonds. The Morgan fingerprint density at radius 2 is 1.75 bits per heavy atom. The standard InChI is InChI=1S/C16H15F2NO/c1-3-19(13-7-5-12(17)6-8-13)16(20)14-10-11(2)4-9-15(14)18/h4-10H,3H2,1-2H3. The zero-order valence-electron chi connectivity index (χ0n) is 11.4. The summed E-state index contributed by atoms with van der Waals surface area (Å²) >= 11 is 0. The summed E-state index contributed by atoms with van der Waals surface area (Å²) in [6, 6.07) is 9.97. The summed E-state index contributed by atoms with van der Waals surface area (Å²) in [7, 11) is 0. The van der Waals surface area contributed by atoms with Crippen LogP contribution in [0, 0.1) is 18.6 Å². The van der Waals surface area contributed by atoms with E-state index in [9.17, 15) is 13.6 Å². The molecule has 0 radical (unpaired) electrons. The van der Waals surface area contributed by atoms with E-state index < -0.39 is 11.7 Å². The molecule has 4 heteroatoms. The van der Waals surface area contributed by atoms with Gasteiger partial charge in [0.25, 0.3) is 5.91 Å². The number of hydrogen-bond acceptors (Lipinski definition) is 1. The van der Waals surface area contributed by atoms with Crippen LogP contribution in [0.1, 0.15) is 22.8 Å². The average Bonchev–Trinajstić information content (AvgIpc) is 2.44. The van der Waals surface area contributed by atoms with Crippen LogP contribution < -0.4 is 4.90 Å². The molecule has 0 bridgehead atoms. The Kier molecular flexibility index (Phi) is 4.13. The second-order valence-electron chi connectivity index (χ2n) is 4.51. The van der Waals surface area contributed by atoms with Crippen LogP contribution in [0.25, 0.3) is 0 Å². The third-order valence-electron chi connectivity index (χ3n) is 3.05. The Labute approximate surface area is 116 Å². The fourth-order valence-electron chi connectivity index (χ4n) is 2.01. The number of halogens is 2. The number of benzene rings is 2. The molecule has 104 valence electrons. The second kappa shape index (κ2) is 5.82. The maximum atomic E-state index is 13.8. The predicted molar refractivity (Wildman–Crippen MR) is 74.9 cm³/mol. The van der Waals surface area contributed by atoms with Crippen LogP contribution in [0.2, 0.25) is 0 Å². The molecule has 0 aliphatic heterocycles. The van der Waals surface area contributed by atoms with E-state index in [1.54, 1.807) is 19.9 Å². The van der Waals surface area contributed by atoms with Gasteiger partial charge in [0.15, 0.2) is 0 Å². The van der Waals surface area contributed by atoms with Crippen molar-refractivity contribution in [1.82, 2.24) is 0 Å². The molecule has 20 heavy (non-hydrogen) atoms. The van der Waals surface area contributed by atoms with Crippen molar-refractivity contribution in [2.24, 2.45) is 0 Å². The molecular formula is C16H15F2NO. The molecule has 0 N–H and O–H groups in total. The van der Waals surface area contributed by atoms with E-state index in [-0.39, 0.29) is 11.4 Å². The molecule has 0 saturated carbocycles. The van der Waals surface area contributed by atoms with Gasteiger partial charge in [-0.2, -0.15) is 0 Å². The van der Waals surface area contributed by atoms with Crippen molar-refractivity contribution in [3.63, 3.8) is 0 Å². The van der Waals surface area contributed by atoms with Gasteiger partial charge in [-0.05, 0) is 50.2 Å². The van der Waals surface area contributed by atoms with E-state index >= 15 is 0 Å². The first-order valence-electron chi connectivity index (χ1n) is 6.36. The summed E-state index contributed by atoms with van der Waals surface area (Å²) in [5.41, 5.74) is 1.38. The van der Waals surface area contributed by atoms with Gasteiger partial charge in [-0.1, -0.05) is 11.6 Å². The number of anilines is 1. The Morgan fingerprint density at radius 1 is 1.10 bits per heavy atom. The maximum absolute atomic E-state index is 13.8. The van der Waals surface area contributed by atoms with Gasteiger partial charge < -0.3 is 4.90 Å². The SMILES string of the molecule is CCN(C(=O)c1cc(C)ccc1F)c1ccc(F)cc1. The first-order valence-corrected chi connectivity index (χ1v) is 6.36. The van der Waals surface area contributed by atoms with Crippen LogP contribution >= 0.6 is 0 Å². The third kappa shape index (κ3) is 2.85. The van der Waals surface area contributed by atoms with Crippen molar-refractivity contribution in [3.05, 3.63) is 65.2 Å². The number of nitrogens with zero attached hydrogens (tertiary/aromatic N) is 1. The van der Waals surface area contributed by atoms with Crippen molar-refractivity contribution in [1.29, 1.82) is 0 Å². The lowest BCUT2D eigenvalue weighted by Gasteiger charge is -2.21. The molecule has 0 aliphatic rings. The molecule has 0 aliphatic carbocycles. The molecule has 0 aromatic heterocycles. The van der Waals surface area contributed by atoms with Gasteiger partial charge in [-0.15, -0.1) is 0 Å². The third-order valence-corrected chi connectivity index (χ3v) is 3.05. The van der Waals surface area contributed by atoms with Crippen molar-refractivity contribution >= 4 is 11.6 Å². The van der Waals surface area contributed by atoms with Gasteiger partial charge in [-0.25, -0.2) is 8.78 Å².